The van der Waals surface area contributed by atoms with Crippen LogP contribution in [-0.2, 0) is 10.0 Å². The van der Waals surface area contributed by atoms with E-state index >= 15 is 0 Å². The summed E-state index contributed by atoms with van der Waals surface area (Å²) in [5, 5.41) is 0.0761. The lowest BCUT2D eigenvalue weighted by atomic mass is 10.4. The van der Waals surface area contributed by atoms with E-state index < -0.39 is 10.0 Å². The number of aryl methyl sites for hydroxylation is 1. The maximum atomic E-state index is 12.4. The van der Waals surface area contributed by atoms with Gasteiger partial charge < -0.3 is 4.74 Å². The maximum Gasteiger partial charge on any atom is 0.264 e. The van der Waals surface area contributed by atoms with Crippen molar-refractivity contribution in [3.63, 3.8) is 0 Å². The van der Waals surface area contributed by atoms with E-state index in [0.717, 1.165) is 0 Å². The van der Waals surface area contributed by atoms with Gasteiger partial charge in [0.2, 0.25) is 5.82 Å². The molecule has 0 aliphatic carbocycles. The van der Waals surface area contributed by atoms with Crippen molar-refractivity contribution in [3.8, 4) is 5.88 Å². The van der Waals surface area contributed by atoms with Crippen molar-refractivity contribution in [2.45, 2.75) is 11.8 Å². The second-order valence-corrected chi connectivity index (χ2v) is 6.46. The molecule has 1 N–H and O–H groups in total. The van der Waals surface area contributed by atoms with Crippen LogP contribution < -0.4 is 9.46 Å². The van der Waals surface area contributed by atoms with Crippen LogP contribution in [0, 0.1) is 6.92 Å². The molecular weight excluding hydrogens is 337 g/mol. The zero-order valence-corrected chi connectivity index (χ0v) is 13.4. The van der Waals surface area contributed by atoms with Crippen molar-refractivity contribution in [1.82, 2.24) is 9.97 Å². The molecular formula is C12H11Cl2N3O3S. The summed E-state index contributed by atoms with van der Waals surface area (Å²) in [6.07, 6.45) is 1.42. The molecule has 6 nitrogen and oxygen atoms in total. The van der Waals surface area contributed by atoms with E-state index in [1.54, 1.807) is 6.92 Å². The number of methoxy groups -OCH3 is 1. The first-order valence-corrected chi connectivity index (χ1v) is 7.93. The average Bonchev–Trinajstić information content (AvgIpc) is 2.43. The molecule has 0 spiro atoms. The van der Waals surface area contributed by atoms with Gasteiger partial charge in [-0.05, 0) is 19.1 Å². The highest BCUT2D eigenvalue weighted by Gasteiger charge is 2.22. The molecule has 0 fully saturated rings. The summed E-state index contributed by atoms with van der Waals surface area (Å²) >= 11 is 11.7. The zero-order valence-electron chi connectivity index (χ0n) is 11.1. The number of halogens is 2. The molecule has 0 bridgehead atoms. The Morgan fingerprint density at radius 2 is 2.00 bits per heavy atom. The highest BCUT2D eigenvalue weighted by atomic mass is 35.5. The van der Waals surface area contributed by atoms with E-state index in [9.17, 15) is 8.42 Å². The molecule has 0 radical (unpaired) electrons. The van der Waals surface area contributed by atoms with Crippen LogP contribution in [-0.4, -0.2) is 25.5 Å². The van der Waals surface area contributed by atoms with Gasteiger partial charge in [0, 0.05) is 0 Å². The molecule has 1 heterocycles. The number of aromatic nitrogens is 2. The fourth-order valence-corrected chi connectivity index (χ4v) is 3.31. The highest BCUT2D eigenvalue weighted by molar-refractivity contribution is 7.92. The van der Waals surface area contributed by atoms with Crippen LogP contribution in [0.25, 0.3) is 0 Å². The van der Waals surface area contributed by atoms with E-state index in [1.807, 2.05) is 0 Å². The summed E-state index contributed by atoms with van der Waals surface area (Å²) in [6, 6.07) is 4.32. The van der Waals surface area contributed by atoms with Crippen molar-refractivity contribution >= 4 is 39.0 Å². The summed E-state index contributed by atoms with van der Waals surface area (Å²) in [6.45, 7) is 1.71. The number of nitrogens with one attached hydrogen (secondary N) is 1. The highest BCUT2D eigenvalue weighted by Crippen LogP contribution is 2.31. The Morgan fingerprint density at radius 1 is 1.29 bits per heavy atom. The molecule has 0 aliphatic heterocycles. The summed E-state index contributed by atoms with van der Waals surface area (Å²) in [7, 11) is -2.59. The van der Waals surface area contributed by atoms with Gasteiger partial charge in [0.25, 0.3) is 15.9 Å². The van der Waals surface area contributed by atoms with Crippen LogP contribution in [0.1, 0.15) is 5.69 Å². The molecule has 2 aromatic rings. The standard InChI is InChI=1S/C12H11Cl2N3O3S/c1-7-6-15-11(12(16-7)20-2)17-21(18,19)9-5-3-4-8(13)10(9)14/h3-6H,1-2H3,(H,15,17). The number of benzene rings is 1. The van der Waals surface area contributed by atoms with Crippen molar-refractivity contribution in [1.29, 1.82) is 0 Å². The van der Waals surface area contributed by atoms with Crippen LogP contribution in [0.15, 0.2) is 29.3 Å². The van der Waals surface area contributed by atoms with E-state index in [-0.39, 0.29) is 26.6 Å². The number of ether oxygens (including phenoxy) is 1. The fourth-order valence-electron chi connectivity index (χ4n) is 1.54. The zero-order chi connectivity index (χ0) is 15.6. The van der Waals surface area contributed by atoms with Crippen LogP contribution in [0.5, 0.6) is 5.88 Å². The SMILES string of the molecule is COc1nc(C)cnc1NS(=O)(=O)c1cccc(Cl)c1Cl. The summed E-state index contributed by atoms with van der Waals surface area (Å²) < 4.78 is 32.0. The van der Waals surface area contributed by atoms with Gasteiger partial charge in [0.1, 0.15) is 4.90 Å². The fraction of sp³-hybridized carbons (Fsp3) is 0.167. The van der Waals surface area contributed by atoms with Crippen molar-refractivity contribution in [2.75, 3.05) is 11.8 Å². The van der Waals surface area contributed by atoms with E-state index in [4.69, 9.17) is 27.9 Å². The predicted octanol–water partition coefficient (Wildman–Crippen LogP) is 2.90. The van der Waals surface area contributed by atoms with Gasteiger partial charge >= 0.3 is 0 Å². The van der Waals surface area contributed by atoms with Gasteiger partial charge in [-0.15, -0.1) is 0 Å². The number of sulfonamides is 1. The van der Waals surface area contributed by atoms with Gasteiger partial charge in [-0.25, -0.2) is 18.4 Å². The molecule has 21 heavy (non-hydrogen) atoms. The Labute approximate surface area is 132 Å². The minimum Gasteiger partial charge on any atom is -0.478 e. The normalized spacial score (nSPS) is 11.2. The minimum absolute atomic E-state index is 0.0286. The number of nitrogens with zero attached hydrogens (tertiary/aromatic N) is 2. The van der Waals surface area contributed by atoms with E-state index in [2.05, 4.69) is 14.7 Å². The molecule has 0 amide bonds. The Kier molecular flexibility index (Phi) is 4.55. The van der Waals surface area contributed by atoms with Crippen LogP contribution >= 0.6 is 23.2 Å². The second kappa shape index (κ2) is 6.05. The van der Waals surface area contributed by atoms with Crippen LogP contribution in [0.3, 0.4) is 0 Å². The van der Waals surface area contributed by atoms with Crippen LogP contribution in [0.4, 0.5) is 5.82 Å². The first-order chi connectivity index (χ1) is 9.85. The molecule has 1 aromatic heterocycles. The van der Waals surface area contributed by atoms with E-state index in [0.29, 0.717) is 5.69 Å². The first-order valence-electron chi connectivity index (χ1n) is 5.69. The van der Waals surface area contributed by atoms with Gasteiger partial charge in [-0.1, -0.05) is 29.3 Å². The van der Waals surface area contributed by atoms with Crippen molar-refractivity contribution in [3.05, 3.63) is 40.1 Å². The second-order valence-electron chi connectivity index (χ2n) is 4.03. The molecule has 2 rings (SSSR count). The molecule has 0 atom stereocenters. The number of hydrogen-bond acceptors (Lipinski definition) is 5. The molecule has 0 saturated heterocycles. The topological polar surface area (TPSA) is 81.2 Å². The lowest BCUT2D eigenvalue weighted by Crippen LogP contribution is -2.16. The lowest BCUT2D eigenvalue weighted by molar-refractivity contribution is 0.397. The monoisotopic (exact) mass is 347 g/mol. The predicted molar refractivity (Wildman–Crippen MR) is 80.6 cm³/mol. The largest absolute Gasteiger partial charge is 0.478 e. The molecule has 0 aliphatic rings. The summed E-state index contributed by atoms with van der Waals surface area (Å²) in [5.41, 5.74) is 0.593. The maximum absolute atomic E-state index is 12.4. The van der Waals surface area contributed by atoms with E-state index in [1.165, 1.54) is 31.5 Å². The van der Waals surface area contributed by atoms with Gasteiger partial charge in [0.15, 0.2) is 0 Å². The Bertz CT molecular complexity index is 781. The summed E-state index contributed by atoms with van der Waals surface area (Å²) in [5.74, 6) is 0.0378. The van der Waals surface area contributed by atoms with Gasteiger partial charge in [0.05, 0.1) is 29.0 Å². The third kappa shape index (κ3) is 3.37. The van der Waals surface area contributed by atoms with Crippen molar-refractivity contribution in [2.24, 2.45) is 0 Å². The third-order valence-electron chi connectivity index (χ3n) is 2.49. The molecule has 9 heteroatoms. The Hall–Kier alpha value is -1.57. The average molecular weight is 348 g/mol. The third-order valence-corrected chi connectivity index (χ3v) is 4.80. The number of hydrogen-bond donors (Lipinski definition) is 1. The van der Waals surface area contributed by atoms with Gasteiger partial charge in [-0.3, -0.25) is 4.72 Å². The molecule has 1 aromatic carbocycles. The minimum atomic E-state index is -3.96. The quantitative estimate of drug-likeness (QED) is 0.919. The number of rotatable bonds is 4. The Morgan fingerprint density at radius 3 is 2.67 bits per heavy atom. The van der Waals surface area contributed by atoms with Crippen molar-refractivity contribution < 1.29 is 13.2 Å². The molecule has 112 valence electrons. The van der Waals surface area contributed by atoms with Gasteiger partial charge in [-0.2, -0.15) is 0 Å². The molecule has 0 saturated carbocycles. The first kappa shape index (κ1) is 15.8. The smallest absolute Gasteiger partial charge is 0.264 e. The summed E-state index contributed by atoms with van der Waals surface area (Å²) in [4.78, 5) is 7.84. The Balaban J connectivity index is 2.45. The lowest BCUT2D eigenvalue weighted by Gasteiger charge is -2.11. The molecule has 0 unspecified atom stereocenters. The number of anilines is 1. The van der Waals surface area contributed by atoms with Crippen LogP contribution in [0.2, 0.25) is 10.0 Å².